The highest BCUT2D eigenvalue weighted by Gasteiger charge is 2.09. The standard InChI is InChI=1S/C13H15NO3/c1-17-13(16)9-4-5-12-11(7-9)10(8-14-12)3-2-6-15/h4-5,7-8,14-15H,2-3,6H2,1H3. The summed E-state index contributed by atoms with van der Waals surface area (Å²) in [6.07, 6.45) is 3.43. The number of carbonyl (C=O) groups excluding carboxylic acids is 1. The van der Waals surface area contributed by atoms with Crippen molar-refractivity contribution < 1.29 is 14.6 Å². The van der Waals surface area contributed by atoms with Crippen LogP contribution in [0, 0.1) is 0 Å². The predicted molar refractivity (Wildman–Crippen MR) is 65.0 cm³/mol. The number of benzene rings is 1. The summed E-state index contributed by atoms with van der Waals surface area (Å²) in [5.41, 5.74) is 2.65. The Morgan fingerprint density at radius 2 is 2.29 bits per heavy atom. The van der Waals surface area contributed by atoms with Crippen molar-refractivity contribution in [2.45, 2.75) is 12.8 Å². The SMILES string of the molecule is COC(=O)c1ccc2[nH]cc(CCCO)c2c1. The average molecular weight is 233 g/mol. The Balaban J connectivity index is 2.39. The van der Waals surface area contributed by atoms with Crippen LogP contribution in [0.1, 0.15) is 22.3 Å². The van der Waals surface area contributed by atoms with Gasteiger partial charge in [-0.3, -0.25) is 0 Å². The molecule has 0 amide bonds. The lowest BCUT2D eigenvalue weighted by molar-refractivity contribution is 0.0601. The molecule has 2 N–H and O–H groups in total. The van der Waals surface area contributed by atoms with Crippen LogP contribution >= 0.6 is 0 Å². The van der Waals surface area contributed by atoms with Crippen LogP contribution in [0.5, 0.6) is 0 Å². The molecule has 0 aliphatic rings. The normalized spacial score (nSPS) is 10.7. The number of aliphatic hydroxyl groups excluding tert-OH is 1. The molecule has 1 aromatic heterocycles. The molecule has 0 atom stereocenters. The lowest BCUT2D eigenvalue weighted by atomic mass is 10.1. The summed E-state index contributed by atoms with van der Waals surface area (Å²) in [6, 6.07) is 5.43. The number of rotatable bonds is 4. The molecule has 2 aromatic rings. The van der Waals surface area contributed by atoms with Gasteiger partial charge in [-0.15, -0.1) is 0 Å². The van der Waals surface area contributed by atoms with Crippen molar-refractivity contribution in [1.29, 1.82) is 0 Å². The molecular weight excluding hydrogens is 218 g/mol. The highest BCUT2D eigenvalue weighted by molar-refractivity contribution is 5.95. The number of fused-ring (bicyclic) bond motifs is 1. The zero-order chi connectivity index (χ0) is 12.3. The maximum atomic E-state index is 11.4. The number of hydrogen-bond donors (Lipinski definition) is 2. The van der Waals surface area contributed by atoms with Gasteiger partial charge in [0.25, 0.3) is 0 Å². The van der Waals surface area contributed by atoms with Gasteiger partial charge in [-0.25, -0.2) is 4.79 Å². The van der Waals surface area contributed by atoms with Crippen LogP contribution in [-0.2, 0) is 11.2 Å². The van der Waals surface area contributed by atoms with E-state index in [9.17, 15) is 4.79 Å². The van der Waals surface area contributed by atoms with Crippen molar-refractivity contribution in [2.24, 2.45) is 0 Å². The van der Waals surface area contributed by atoms with Gasteiger partial charge in [0.05, 0.1) is 12.7 Å². The fourth-order valence-corrected chi connectivity index (χ4v) is 1.90. The molecule has 0 aliphatic heterocycles. The molecule has 0 radical (unpaired) electrons. The van der Waals surface area contributed by atoms with Crippen LogP contribution in [0.4, 0.5) is 0 Å². The third kappa shape index (κ3) is 2.31. The second-order valence-corrected chi connectivity index (χ2v) is 3.89. The number of aryl methyl sites for hydroxylation is 1. The maximum Gasteiger partial charge on any atom is 0.337 e. The molecule has 1 heterocycles. The molecule has 17 heavy (non-hydrogen) atoms. The lowest BCUT2D eigenvalue weighted by Gasteiger charge is -2.01. The first-order valence-corrected chi connectivity index (χ1v) is 5.55. The van der Waals surface area contributed by atoms with Gasteiger partial charge in [0.15, 0.2) is 0 Å². The topological polar surface area (TPSA) is 62.3 Å². The second-order valence-electron chi connectivity index (χ2n) is 3.89. The molecule has 0 saturated heterocycles. The van der Waals surface area contributed by atoms with E-state index in [1.807, 2.05) is 18.3 Å². The molecule has 0 fully saturated rings. The Bertz CT molecular complexity index is 530. The third-order valence-corrected chi connectivity index (χ3v) is 2.79. The van der Waals surface area contributed by atoms with Gasteiger partial charge < -0.3 is 14.8 Å². The van der Waals surface area contributed by atoms with E-state index in [4.69, 9.17) is 9.84 Å². The van der Waals surface area contributed by atoms with Gasteiger partial charge in [-0.1, -0.05) is 0 Å². The van der Waals surface area contributed by atoms with Gasteiger partial charge >= 0.3 is 5.97 Å². The van der Waals surface area contributed by atoms with E-state index in [0.29, 0.717) is 5.56 Å². The molecule has 2 rings (SSSR count). The molecule has 0 saturated carbocycles. The molecule has 0 bridgehead atoms. The fraction of sp³-hybridized carbons (Fsp3) is 0.308. The summed E-state index contributed by atoms with van der Waals surface area (Å²) in [5, 5.41) is 9.85. The van der Waals surface area contributed by atoms with Crippen LogP contribution in [0.3, 0.4) is 0 Å². The summed E-state index contributed by atoms with van der Waals surface area (Å²) >= 11 is 0. The maximum absolute atomic E-state index is 11.4. The molecule has 4 nitrogen and oxygen atoms in total. The summed E-state index contributed by atoms with van der Waals surface area (Å²) in [4.78, 5) is 14.6. The number of aliphatic hydroxyl groups is 1. The number of aromatic nitrogens is 1. The number of carbonyl (C=O) groups is 1. The van der Waals surface area contributed by atoms with E-state index in [0.717, 1.165) is 29.3 Å². The van der Waals surface area contributed by atoms with E-state index in [2.05, 4.69) is 4.98 Å². The van der Waals surface area contributed by atoms with Crippen LogP contribution < -0.4 is 0 Å². The van der Waals surface area contributed by atoms with Crippen molar-refractivity contribution in [3.63, 3.8) is 0 Å². The summed E-state index contributed by atoms with van der Waals surface area (Å²) in [7, 11) is 1.37. The number of hydrogen-bond acceptors (Lipinski definition) is 3. The Morgan fingerprint density at radius 1 is 1.47 bits per heavy atom. The van der Waals surface area contributed by atoms with Crippen LogP contribution in [0.25, 0.3) is 10.9 Å². The van der Waals surface area contributed by atoms with Crippen molar-refractivity contribution in [2.75, 3.05) is 13.7 Å². The molecule has 0 unspecified atom stereocenters. The summed E-state index contributed by atoms with van der Waals surface area (Å²) in [6.45, 7) is 0.170. The van der Waals surface area contributed by atoms with Gasteiger partial charge in [0.2, 0.25) is 0 Å². The van der Waals surface area contributed by atoms with Crippen molar-refractivity contribution >= 4 is 16.9 Å². The first-order chi connectivity index (χ1) is 8.26. The zero-order valence-electron chi connectivity index (χ0n) is 9.69. The van der Waals surface area contributed by atoms with E-state index >= 15 is 0 Å². The Kier molecular flexibility index (Phi) is 3.44. The Morgan fingerprint density at radius 3 is 3.00 bits per heavy atom. The van der Waals surface area contributed by atoms with E-state index in [-0.39, 0.29) is 12.6 Å². The minimum atomic E-state index is -0.332. The summed E-state index contributed by atoms with van der Waals surface area (Å²) in [5.74, 6) is -0.332. The van der Waals surface area contributed by atoms with Gasteiger partial charge in [-0.2, -0.15) is 0 Å². The number of ether oxygens (including phenoxy) is 1. The molecular formula is C13H15NO3. The zero-order valence-corrected chi connectivity index (χ0v) is 9.69. The molecule has 1 aromatic carbocycles. The van der Waals surface area contributed by atoms with Gasteiger partial charge in [0, 0.05) is 23.7 Å². The minimum Gasteiger partial charge on any atom is -0.465 e. The quantitative estimate of drug-likeness (QED) is 0.792. The average Bonchev–Trinajstić information content (AvgIpc) is 2.77. The second kappa shape index (κ2) is 5.01. The molecule has 4 heteroatoms. The number of esters is 1. The minimum absolute atomic E-state index is 0.170. The number of H-pyrrole nitrogens is 1. The van der Waals surface area contributed by atoms with Crippen LogP contribution in [0.2, 0.25) is 0 Å². The predicted octanol–water partition coefficient (Wildman–Crippen LogP) is 1.88. The number of methoxy groups -OCH3 is 1. The van der Waals surface area contributed by atoms with E-state index in [1.54, 1.807) is 6.07 Å². The molecule has 0 spiro atoms. The highest BCUT2D eigenvalue weighted by atomic mass is 16.5. The molecule has 0 aliphatic carbocycles. The Hall–Kier alpha value is -1.81. The van der Waals surface area contributed by atoms with Gasteiger partial charge in [-0.05, 0) is 36.6 Å². The third-order valence-electron chi connectivity index (χ3n) is 2.79. The van der Waals surface area contributed by atoms with Crippen molar-refractivity contribution in [1.82, 2.24) is 4.98 Å². The fourth-order valence-electron chi connectivity index (χ4n) is 1.90. The first-order valence-electron chi connectivity index (χ1n) is 5.55. The van der Waals surface area contributed by atoms with E-state index < -0.39 is 0 Å². The summed E-state index contributed by atoms with van der Waals surface area (Å²) < 4.78 is 4.69. The monoisotopic (exact) mass is 233 g/mol. The van der Waals surface area contributed by atoms with Crippen LogP contribution in [0.15, 0.2) is 24.4 Å². The van der Waals surface area contributed by atoms with Crippen molar-refractivity contribution in [3.8, 4) is 0 Å². The van der Waals surface area contributed by atoms with Crippen LogP contribution in [-0.4, -0.2) is 29.8 Å². The highest BCUT2D eigenvalue weighted by Crippen LogP contribution is 2.21. The smallest absolute Gasteiger partial charge is 0.337 e. The number of aromatic amines is 1. The first kappa shape index (κ1) is 11.7. The van der Waals surface area contributed by atoms with E-state index in [1.165, 1.54) is 7.11 Å². The van der Waals surface area contributed by atoms with Gasteiger partial charge in [0.1, 0.15) is 0 Å². The lowest BCUT2D eigenvalue weighted by Crippen LogP contribution is -2.00. The molecule has 90 valence electrons. The largest absolute Gasteiger partial charge is 0.465 e. The number of nitrogens with one attached hydrogen (secondary N) is 1. The van der Waals surface area contributed by atoms with Crippen molar-refractivity contribution in [3.05, 3.63) is 35.5 Å². The Labute approximate surface area is 99.2 Å².